The molecule has 1 atom stereocenters. The third-order valence-electron chi connectivity index (χ3n) is 4.31. The number of hydrogen-bond acceptors (Lipinski definition) is 5. The third-order valence-corrected chi connectivity index (χ3v) is 4.31. The van der Waals surface area contributed by atoms with E-state index < -0.39 is 0 Å². The van der Waals surface area contributed by atoms with Gasteiger partial charge in [-0.1, -0.05) is 6.07 Å². The Morgan fingerprint density at radius 2 is 2.24 bits per heavy atom. The molecule has 0 spiro atoms. The van der Waals surface area contributed by atoms with Crippen LogP contribution in [-0.2, 0) is 17.9 Å². The van der Waals surface area contributed by atoms with E-state index in [1.54, 1.807) is 13.2 Å². The average molecular weight is 342 g/mol. The van der Waals surface area contributed by atoms with Crippen LogP contribution in [0.5, 0.6) is 5.88 Å². The van der Waals surface area contributed by atoms with E-state index in [4.69, 9.17) is 9.47 Å². The second-order valence-electron chi connectivity index (χ2n) is 6.00. The standard InChI is InChI=1S/C18H19FN4O2/c1-24-18-4-2-3-13(21-18)8-20-9-14-10-25-11-17-22-15-7-12(19)5-6-16(15)23(14)17/h2-7,14,20H,8-11H2,1H3. The summed E-state index contributed by atoms with van der Waals surface area (Å²) in [4.78, 5) is 8.89. The van der Waals surface area contributed by atoms with Crippen molar-refractivity contribution in [1.82, 2.24) is 19.9 Å². The van der Waals surface area contributed by atoms with Crippen molar-refractivity contribution < 1.29 is 13.9 Å². The van der Waals surface area contributed by atoms with Crippen molar-refractivity contribution in [3.05, 3.63) is 53.7 Å². The molecular weight excluding hydrogens is 323 g/mol. The van der Waals surface area contributed by atoms with Crippen LogP contribution in [0.15, 0.2) is 36.4 Å². The van der Waals surface area contributed by atoms with Gasteiger partial charge >= 0.3 is 0 Å². The molecule has 1 N–H and O–H groups in total. The second-order valence-corrected chi connectivity index (χ2v) is 6.00. The topological polar surface area (TPSA) is 61.2 Å². The fourth-order valence-corrected chi connectivity index (χ4v) is 3.18. The zero-order valence-electron chi connectivity index (χ0n) is 13.9. The lowest BCUT2D eigenvalue weighted by atomic mass is 10.2. The van der Waals surface area contributed by atoms with Crippen molar-refractivity contribution in [2.75, 3.05) is 20.3 Å². The summed E-state index contributed by atoms with van der Waals surface area (Å²) in [6, 6.07) is 10.5. The number of ether oxygens (including phenoxy) is 2. The number of rotatable bonds is 5. The molecule has 0 radical (unpaired) electrons. The number of pyridine rings is 1. The predicted molar refractivity (Wildman–Crippen MR) is 90.9 cm³/mol. The maximum absolute atomic E-state index is 13.4. The van der Waals surface area contributed by atoms with Crippen molar-refractivity contribution >= 4 is 11.0 Å². The van der Waals surface area contributed by atoms with Gasteiger partial charge in [0.15, 0.2) is 0 Å². The Morgan fingerprint density at radius 1 is 1.32 bits per heavy atom. The summed E-state index contributed by atoms with van der Waals surface area (Å²) < 4.78 is 26.4. The Balaban J connectivity index is 1.50. The van der Waals surface area contributed by atoms with Crippen LogP contribution in [0.4, 0.5) is 4.39 Å². The SMILES string of the molecule is COc1cccc(CNCC2COCc3nc4cc(F)ccc4n32)n1. The highest BCUT2D eigenvalue weighted by Gasteiger charge is 2.23. The molecule has 1 aromatic carbocycles. The monoisotopic (exact) mass is 342 g/mol. The summed E-state index contributed by atoms with van der Waals surface area (Å²) in [6.45, 7) is 2.37. The maximum atomic E-state index is 13.4. The molecule has 7 heteroatoms. The van der Waals surface area contributed by atoms with Gasteiger partial charge in [-0.05, 0) is 18.2 Å². The number of hydrogen-bond donors (Lipinski definition) is 1. The van der Waals surface area contributed by atoms with Crippen molar-refractivity contribution in [3.63, 3.8) is 0 Å². The first-order valence-electron chi connectivity index (χ1n) is 8.19. The molecule has 3 heterocycles. The molecule has 2 aromatic heterocycles. The van der Waals surface area contributed by atoms with E-state index in [1.807, 2.05) is 18.2 Å². The van der Waals surface area contributed by atoms with E-state index in [9.17, 15) is 4.39 Å². The van der Waals surface area contributed by atoms with Crippen molar-refractivity contribution in [3.8, 4) is 5.88 Å². The zero-order valence-corrected chi connectivity index (χ0v) is 13.9. The third kappa shape index (κ3) is 3.20. The molecule has 0 amide bonds. The number of fused-ring (bicyclic) bond motifs is 3. The van der Waals surface area contributed by atoms with Crippen LogP contribution in [0.3, 0.4) is 0 Å². The Kier molecular flexibility index (Phi) is 4.33. The summed E-state index contributed by atoms with van der Waals surface area (Å²) >= 11 is 0. The summed E-state index contributed by atoms with van der Waals surface area (Å²) in [5.41, 5.74) is 2.51. The van der Waals surface area contributed by atoms with Crippen LogP contribution in [0.2, 0.25) is 0 Å². The lowest BCUT2D eigenvalue weighted by molar-refractivity contribution is 0.0563. The number of benzene rings is 1. The number of methoxy groups -OCH3 is 1. The molecular formula is C18H19FN4O2. The number of imidazole rings is 1. The summed E-state index contributed by atoms with van der Waals surface area (Å²) in [5, 5.41) is 3.41. The Hall–Kier alpha value is -2.51. The predicted octanol–water partition coefficient (Wildman–Crippen LogP) is 2.44. The van der Waals surface area contributed by atoms with E-state index in [2.05, 4.69) is 19.9 Å². The molecule has 6 nitrogen and oxygen atoms in total. The van der Waals surface area contributed by atoms with Crippen LogP contribution in [0, 0.1) is 5.82 Å². The van der Waals surface area contributed by atoms with E-state index in [0.717, 1.165) is 17.0 Å². The number of halogens is 1. The van der Waals surface area contributed by atoms with Crippen molar-refractivity contribution in [1.29, 1.82) is 0 Å². The number of aromatic nitrogens is 3. The Morgan fingerprint density at radius 3 is 3.12 bits per heavy atom. The zero-order chi connectivity index (χ0) is 17.2. The fourth-order valence-electron chi connectivity index (χ4n) is 3.18. The Bertz CT molecular complexity index is 896. The van der Waals surface area contributed by atoms with E-state index in [-0.39, 0.29) is 11.9 Å². The van der Waals surface area contributed by atoms with Gasteiger partial charge in [0.05, 0.1) is 36.5 Å². The van der Waals surface area contributed by atoms with Gasteiger partial charge in [-0.25, -0.2) is 14.4 Å². The number of nitrogens with zero attached hydrogens (tertiary/aromatic N) is 3. The molecule has 0 saturated heterocycles. The van der Waals surface area contributed by atoms with Crippen LogP contribution in [0.1, 0.15) is 17.6 Å². The van der Waals surface area contributed by atoms with Crippen molar-refractivity contribution in [2.45, 2.75) is 19.2 Å². The second kappa shape index (κ2) is 6.78. The van der Waals surface area contributed by atoms with Crippen LogP contribution in [0.25, 0.3) is 11.0 Å². The van der Waals surface area contributed by atoms with Gasteiger partial charge in [-0.15, -0.1) is 0 Å². The van der Waals surface area contributed by atoms with Crippen molar-refractivity contribution in [2.24, 2.45) is 0 Å². The van der Waals surface area contributed by atoms with Gasteiger partial charge < -0.3 is 19.4 Å². The van der Waals surface area contributed by atoms with Crippen LogP contribution < -0.4 is 10.1 Å². The molecule has 0 bridgehead atoms. The molecule has 0 fully saturated rings. The highest BCUT2D eigenvalue weighted by molar-refractivity contribution is 5.76. The van der Waals surface area contributed by atoms with Crippen LogP contribution >= 0.6 is 0 Å². The number of nitrogens with one attached hydrogen (secondary N) is 1. The van der Waals surface area contributed by atoms with E-state index in [0.29, 0.717) is 37.7 Å². The maximum Gasteiger partial charge on any atom is 0.213 e. The van der Waals surface area contributed by atoms with Gasteiger partial charge in [0.2, 0.25) is 5.88 Å². The molecule has 4 rings (SSSR count). The molecule has 1 aliphatic rings. The lowest BCUT2D eigenvalue weighted by Crippen LogP contribution is -2.32. The molecule has 0 saturated carbocycles. The summed E-state index contributed by atoms with van der Waals surface area (Å²) in [5.74, 6) is 1.16. The van der Waals surface area contributed by atoms with Gasteiger partial charge in [0.25, 0.3) is 0 Å². The van der Waals surface area contributed by atoms with Gasteiger partial charge in [0.1, 0.15) is 18.2 Å². The van der Waals surface area contributed by atoms with E-state index >= 15 is 0 Å². The molecule has 1 unspecified atom stereocenters. The van der Waals surface area contributed by atoms with Gasteiger partial charge in [-0.2, -0.15) is 0 Å². The van der Waals surface area contributed by atoms with Crippen LogP contribution in [-0.4, -0.2) is 34.8 Å². The normalized spacial score (nSPS) is 16.8. The minimum atomic E-state index is -0.275. The van der Waals surface area contributed by atoms with Gasteiger partial charge in [-0.3, -0.25) is 0 Å². The first-order chi connectivity index (χ1) is 12.2. The van der Waals surface area contributed by atoms with E-state index in [1.165, 1.54) is 12.1 Å². The summed E-state index contributed by atoms with van der Waals surface area (Å²) in [6.07, 6.45) is 0. The lowest BCUT2D eigenvalue weighted by Gasteiger charge is -2.26. The quantitative estimate of drug-likeness (QED) is 0.772. The highest BCUT2D eigenvalue weighted by atomic mass is 19.1. The summed E-state index contributed by atoms with van der Waals surface area (Å²) in [7, 11) is 1.60. The highest BCUT2D eigenvalue weighted by Crippen LogP contribution is 2.26. The first kappa shape index (κ1) is 16.0. The molecule has 1 aliphatic heterocycles. The largest absolute Gasteiger partial charge is 0.481 e. The molecule has 0 aliphatic carbocycles. The Labute approximate surface area is 144 Å². The molecule has 25 heavy (non-hydrogen) atoms. The minimum absolute atomic E-state index is 0.102. The molecule has 130 valence electrons. The molecule has 3 aromatic rings. The smallest absolute Gasteiger partial charge is 0.213 e. The first-order valence-corrected chi connectivity index (χ1v) is 8.19. The minimum Gasteiger partial charge on any atom is -0.481 e. The fraction of sp³-hybridized carbons (Fsp3) is 0.333. The van der Waals surface area contributed by atoms with Gasteiger partial charge in [0, 0.05) is 25.2 Å². The average Bonchev–Trinajstić information content (AvgIpc) is 3.00.